The van der Waals surface area contributed by atoms with Gasteiger partial charge in [0.15, 0.2) is 4.80 Å². The van der Waals surface area contributed by atoms with Crippen LogP contribution in [0.5, 0.6) is 0 Å². The van der Waals surface area contributed by atoms with Crippen LogP contribution in [0.15, 0.2) is 46.3 Å². The van der Waals surface area contributed by atoms with Crippen molar-refractivity contribution in [2.75, 3.05) is 13.1 Å². The topological polar surface area (TPSA) is 71.7 Å². The molecule has 1 heterocycles. The summed E-state index contributed by atoms with van der Waals surface area (Å²) in [4.78, 5) is 18.0. The molecule has 0 N–H and O–H groups in total. The van der Waals surface area contributed by atoms with Crippen LogP contribution in [0.2, 0.25) is 0 Å². The third-order valence-electron chi connectivity index (χ3n) is 5.31. The van der Waals surface area contributed by atoms with Gasteiger partial charge >= 0.3 is 0 Å². The maximum Gasteiger partial charge on any atom is 0.279 e. The van der Waals surface area contributed by atoms with Gasteiger partial charge in [0.25, 0.3) is 5.91 Å². The van der Waals surface area contributed by atoms with E-state index in [4.69, 9.17) is 0 Å². The van der Waals surface area contributed by atoms with Crippen LogP contribution < -0.4 is 4.80 Å². The van der Waals surface area contributed by atoms with Crippen LogP contribution in [0, 0.1) is 25.7 Å². The van der Waals surface area contributed by atoms with Crippen molar-refractivity contribution in [3.8, 4) is 0 Å². The molecule has 0 atom stereocenters. The van der Waals surface area contributed by atoms with E-state index in [9.17, 15) is 13.2 Å². The van der Waals surface area contributed by atoms with Crippen molar-refractivity contribution in [2.45, 2.75) is 46.4 Å². The number of fused-ring (bicyclic) bond motifs is 1. The lowest BCUT2D eigenvalue weighted by Gasteiger charge is -2.25. The summed E-state index contributed by atoms with van der Waals surface area (Å²) in [5, 5.41) is 0. The number of benzene rings is 2. The van der Waals surface area contributed by atoms with Crippen LogP contribution in [0.1, 0.15) is 49.2 Å². The Morgan fingerprint density at radius 2 is 1.61 bits per heavy atom. The Morgan fingerprint density at radius 3 is 2.15 bits per heavy atom. The molecule has 8 heteroatoms. The third-order valence-corrected chi connectivity index (χ3v) is 8.23. The number of hydrogen-bond donors (Lipinski definition) is 0. The number of carbonyl (C=O) groups excluding carboxylic acids is 1. The van der Waals surface area contributed by atoms with E-state index in [1.54, 1.807) is 12.1 Å². The van der Waals surface area contributed by atoms with Crippen LogP contribution in [0.4, 0.5) is 0 Å². The molecule has 0 spiro atoms. The maximum absolute atomic E-state index is 13.2. The maximum atomic E-state index is 13.2. The number of aryl methyl sites for hydroxylation is 3. The number of carbonyl (C=O) groups is 1. The minimum atomic E-state index is -3.64. The van der Waals surface area contributed by atoms with Gasteiger partial charge in [-0.15, -0.1) is 0 Å². The van der Waals surface area contributed by atoms with Gasteiger partial charge in [0, 0.05) is 25.7 Å². The quantitative estimate of drug-likeness (QED) is 0.476. The molecule has 3 rings (SSSR count). The highest BCUT2D eigenvalue weighted by Gasteiger charge is 2.26. The number of aromatic nitrogens is 1. The molecular weight excluding hydrogens is 454 g/mol. The van der Waals surface area contributed by atoms with Gasteiger partial charge in [-0.3, -0.25) is 4.79 Å². The van der Waals surface area contributed by atoms with Gasteiger partial charge in [-0.25, -0.2) is 8.42 Å². The average Bonchev–Trinajstić information content (AvgIpc) is 3.02. The van der Waals surface area contributed by atoms with E-state index in [0.717, 1.165) is 15.8 Å². The molecule has 0 bridgehead atoms. The van der Waals surface area contributed by atoms with Gasteiger partial charge in [-0.05, 0) is 67.1 Å². The molecule has 0 saturated heterocycles. The molecule has 0 aliphatic heterocycles. The molecule has 0 saturated carbocycles. The summed E-state index contributed by atoms with van der Waals surface area (Å²) in [6.45, 7) is 13.0. The van der Waals surface area contributed by atoms with Gasteiger partial charge in [0.2, 0.25) is 10.0 Å². The van der Waals surface area contributed by atoms with E-state index in [-0.39, 0.29) is 16.7 Å². The smallest absolute Gasteiger partial charge is 0.279 e. The molecule has 0 fully saturated rings. The Hall–Kier alpha value is -2.29. The number of thiazole rings is 1. The fourth-order valence-corrected chi connectivity index (χ4v) is 6.90. The van der Waals surface area contributed by atoms with Crippen molar-refractivity contribution >= 4 is 37.5 Å². The number of rotatable bonds is 7. The molecular formula is C25H33N3O3S2. The molecule has 6 nitrogen and oxygen atoms in total. The highest BCUT2D eigenvalue weighted by atomic mass is 32.2. The van der Waals surface area contributed by atoms with Crippen molar-refractivity contribution < 1.29 is 13.2 Å². The monoisotopic (exact) mass is 487 g/mol. The highest BCUT2D eigenvalue weighted by molar-refractivity contribution is 7.89. The van der Waals surface area contributed by atoms with Crippen molar-refractivity contribution in [2.24, 2.45) is 23.9 Å². The zero-order valence-corrected chi connectivity index (χ0v) is 22.0. The third kappa shape index (κ3) is 5.62. The zero-order valence-electron chi connectivity index (χ0n) is 20.4. The van der Waals surface area contributed by atoms with Gasteiger partial charge in [-0.2, -0.15) is 9.30 Å². The van der Waals surface area contributed by atoms with Crippen molar-refractivity contribution in [3.05, 3.63) is 57.9 Å². The lowest BCUT2D eigenvalue weighted by Crippen LogP contribution is -2.37. The number of amides is 1. The molecule has 1 amide bonds. The van der Waals surface area contributed by atoms with Gasteiger partial charge in [-0.1, -0.05) is 45.1 Å². The Balaban J connectivity index is 1.92. The summed E-state index contributed by atoms with van der Waals surface area (Å²) < 4.78 is 30.9. The highest BCUT2D eigenvalue weighted by Crippen LogP contribution is 2.23. The first-order chi connectivity index (χ1) is 15.4. The van der Waals surface area contributed by atoms with Crippen LogP contribution >= 0.6 is 11.3 Å². The van der Waals surface area contributed by atoms with E-state index in [1.807, 2.05) is 46.2 Å². The van der Waals surface area contributed by atoms with E-state index in [2.05, 4.69) is 24.0 Å². The summed E-state index contributed by atoms with van der Waals surface area (Å²) >= 11 is 1.47. The Morgan fingerprint density at radius 1 is 1.03 bits per heavy atom. The van der Waals surface area contributed by atoms with E-state index in [1.165, 1.54) is 33.3 Å². The minimum absolute atomic E-state index is 0.193. The van der Waals surface area contributed by atoms with E-state index in [0.29, 0.717) is 23.5 Å². The number of hydrogen-bond acceptors (Lipinski definition) is 4. The second kappa shape index (κ2) is 9.91. The molecule has 2 aromatic carbocycles. The SMILES string of the molecule is Cc1cc(C)c2c(c1)sc(=NC(=O)c1ccc(S(=O)(=O)N(CC(C)C)CC(C)C)cc1)n2C. The fourth-order valence-electron chi connectivity index (χ4n) is 3.94. The summed E-state index contributed by atoms with van der Waals surface area (Å²) in [6, 6.07) is 10.3. The second-order valence-corrected chi connectivity index (χ2v) is 12.4. The summed E-state index contributed by atoms with van der Waals surface area (Å²) in [5.41, 5.74) is 3.73. The molecule has 33 heavy (non-hydrogen) atoms. The van der Waals surface area contributed by atoms with Crippen LogP contribution in [0.25, 0.3) is 10.2 Å². The molecule has 0 aliphatic rings. The Labute approximate surface area is 200 Å². The second-order valence-electron chi connectivity index (χ2n) is 9.42. The first-order valence-corrected chi connectivity index (χ1v) is 13.4. The summed E-state index contributed by atoms with van der Waals surface area (Å²) in [5.74, 6) is 0.0389. The van der Waals surface area contributed by atoms with Crippen LogP contribution in [-0.2, 0) is 17.1 Å². The zero-order chi connectivity index (χ0) is 24.5. The molecule has 0 aliphatic carbocycles. The summed E-state index contributed by atoms with van der Waals surface area (Å²) in [7, 11) is -1.73. The summed E-state index contributed by atoms with van der Waals surface area (Å²) in [6.07, 6.45) is 0. The largest absolute Gasteiger partial charge is 0.319 e. The number of sulfonamides is 1. The van der Waals surface area contributed by atoms with Crippen LogP contribution in [0.3, 0.4) is 0 Å². The first kappa shape index (κ1) is 25.3. The predicted octanol–water partition coefficient (Wildman–Crippen LogP) is 4.90. The lowest BCUT2D eigenvalue weighted by molar-refractivity contribution is 0.0998. The van der Waals surface area contributed by atoms with E-state index < -0.39 is 15.9 Å². The van der Waals surface area contributed by atoms with Crippen molar-refractivity contribution in [3.63, 3.8) is 0 Å². The minimum Gasteiger partial charge on any atom is -0.319 e. The van der Waals surface area contributed by atoms with Gasteiger partial charge < -0.3 is 4.57 Å². The molecule has 3 aromatic rings. The molecule has 1 aromatic heterocycles. The molecule has 0 unspecified atom stereocenters. The predicted molar refractivity (Wildman–Crippen MR) is 135 cm³/mol. The molecule has 0 radical (unpaired) electrons. The average molecular weight is 488 g/mol. The Bertz CT molecular complexity index is 1320. The van der Waals surface area contributed by atoms with Crippen molar-refractivity contribution in [1.82, 2.24) is 8.87 Å². The van der Waals surface area contributed by atoms with E-state index >= 15 is 0 Å². The standard InChI is InChI=1S/C25H33N3O3S2/c1-16(2)14-28(15-17(3)4)33(30,31)21-10-8-20(9-11-21)24(29)26-25-27(7)23-19(6)12-18(5)13-22(23)32-25/h8-13,16-17H,14-15H2,1-7H3. The van der Waals surface area contributed by atoms with Gasteiger partial charge in [0.05, 0.1) is 15.1 Å². The van der Waals surface area contributed by atoms with Crippen LogP contribution in [-0.4, -0.2) is 36.3 Å². The molecule has 178 valence electrons. The normalized spacial score (nSPS) is 13.1. The fraction of sp³-hybridized carbons (Fsp3) is 0.440. The van der Waals surface area contributed by atoms with Crippen molar-refractivity contribution in [1.29, 1.82) is 0 Å². The first-order valence-electron chi connectivity index (χ1n) is 11.2. The lowest BCUT2D eigenvalue weighted by atomic mass is 10.1. The number of nitrogens with zero attached hydrogens (tertiary/aromatic N) is 3. The van der Waals surface area contributed by atoms with Gasteiger partial charge in [0.1, 0.15) is 0 Å². The Kier molecular flexibility index (Phi) is 7.61.